The molecule has 0 saturated carbocycles. The number of anilines is 1. The van der Waals surface area contributed by atoms with Crippen molar-refractivity contribution < 1.29 is 9.90 Å². The van der Waals surface area contributed by atoms with Crippen LogP contribution in [0.15, 0.2) is 12.1 Å². The van der Waals surface area contributed by atoms with Gasteiger partial charge < -0.3 is 10.0 Å². The first-order valence-corrected chi connectivity index (χ1v) is 5.72. The number of benzene rings is 1. The second-order valence-electron chi connectivity index (χ2n) is 4.10. The van der Waals surface area contributed by atoms with E-state index in [1.54, 1.807) is 0 Å². The number of carboxylic acids is 1. The molecule has 1 aromatic rings. The molecule has 1 fully saturated rings. The van der Waals surface area contributed by atoms with E-state index >= 15 is 0 Å². The molecule has 0 atom stereocenters. The van der Waals surface area contributed by atoms with Crippen LogP contribution in [0.1, 0.15) is 17.3 Å². The van der Waals surface area contributed by atoms with Gasteiger partial charge >= 0.3 is 5.97 Å². The molecule has 0 radical (unpaired) electrons. The molecular formula is C11H11Cl2NO2. The lowest BCUT2D eigenvalue weighted by molar-refractivity contribution is 0.0697. The van der Waals surface area contributed by atoms with Crippen LogP contribution in [0.4, 0.5) is 5.69 Å². The Hall–Kier alpha value is -0.930. The summed E-state index contributed by atoms with van der Waals surface area (Å²) in [5, 5.41) is 9.65. The molecule has 0 unspecified atom stereocenters. The van der Waals surface area contributed by atoms with Gasteiger partial charge in [0.2, 0.25) is 0 Å². The van der Waals surface area contributed by atoms with Gasteiger partial charge in [-0.1, -0.05) is 30.1 Å². The Morgan fingerprint density at radius 3 is 2.25 bits per heavy atom. The zero-order valence-electron chi connectivity index (χ0n) is 8.70. The summed E-state index contributed by atoms with van der Waals surface area (Å²) in [7, 11) is 0. The molecule has 1 N–H and O–H groups in total. The van der Waals surface area contributed by atoms with E-state index in [1.807, 2.05) is 0 Å². The van der Waals surface area contributed by atoms with Crippen molar-refractivity contribution in [1.82, 2.24) is 0 Å². The van der Waals surface area contributed by atoms with Crippen LogP contribution in [-0.2, 0) is 0 Å². The first kappa shape index (κ1) is 11.6. The van der Waals surface area contributed by atoms with Gasteiger partial charge in [-0.15, -0.1) is 0 Å². The van der Waals surface area contributed by atoms with Crippen molar-refractivity contribution in [2.45, 2.75) is 6.92 Å². The number of nitrogens with zero attached hydrogens (tertiary/aromatic N) is 1. The first-order valence-electron chi connectivity index (χ1n) is 4.96. The second kappa shape index (κ2) is 4.15. The number of carboxylic acid groups (broad SMARTS) is 1. The first-order chi connectivity index (χ1) is 7.49. The molecule has 0 aliphatic carbocycles. The Morgan fingerprint density at radius 2 is 1.88 bits per heavy atom. The van der Waals surface area contributed by atoms with Gasteiger partial charge in [-0.25, -0.2) is 4.79 Å². The van der Waals surface area contributed by atoms with Gasteiger partial charge in [-0.2, -0.15) is 0 Å². The monoisotopic (exact) mass is 259 g/mol. The third-order valence-electron chi connectivity index (χ3n) is 2.64. The molecule has 1 saturated heterocycles. The quantitative estimate of drug-likeness (QED) is 0.887. The highest BCUT2D eigenvalue weighted by Crippen LogP contribution is 2.38. The smallest absolute Gasteiger partial charge is 0.335 e. The lowest BCUT2D eigenvalue weighted by Gasteiger charge is -2.40. The molecule has 3 nitrogen and oxygen atoms in total. The molecular weight excluding hydrogens is 249 g/mol. The molecule has 2 rings (SSSR count). The number of rotatable bonds is 2. The van der Waals surface area contributed by atoms with Gasteiger partial charge in [0.25, 0.3) is 0 Å². The highest BCUT2D eigenvalue weighted by Gasteiger charge is 2.27. The van der Waals surface area contributed by atoms with Gasteiger partial charge in [0, 0.05) is 13.1 Å². The topological polar surface area (TPSA) is 40.5 Å². The van der Waals surface area contributed by atoms with E-state index in [1.165, 1.54) is 12.1 Å². The maximum Gasteiger partial charge on any atom is 0.335 e. The number of halogens is 2. The summed E-state index contributed by atoms with van der Waals surface area (Å²) in [6, 6.07) is 2.88. The van der Waals surface area contributed by atoms with Crippen LogP contribution in [0.2, 0.25) is 10.0 Å². The molecule has 86 valence electrons. The van der Waals surface area contributed by atoms with Crippen molar-refractivity contribution in [1.29, 1.82) is 0 Å². The number of aromatic carboxylic acids is 1. The Kier molecular flexibility index (Phi) is 3.00. The SMILES string of the molecule is CC1CN(c2c(Cl)cc(C(=O)O)cc2Cl)C1. The zero-order chi connectivity index (χ0) is 11.9. The van der Waals surface area contributed by atoms with E-state index in [-0.39, 0.29) is 5.56 Å². The fourth-order valence-electron chi connectivity index (χ4n) is 1.87. The summed E-state index contributed by atoms with van der Waals surface area (Å²) in [5.74, 6) is -0.390. The van der Waals surface area contributed by atoms with Gasteiger partial charge in [-0.05, 0) is 18.1 Å². The average molecular weight is 260 g/mol. The van der Waals surface area contributed by atoms with Gasteiger partial charge in [0.05, 0.1) is 21.3 Å². The molecule has 1 aliphatic rings. The molecule has 5 heteroatoms. The fourth-order valence-corrected chi connectivity index (χ4v) is 2.60. The minimum absolute atomic E-state index is 0.118. The van der Waals surface area contributed by atoms with Crippen molar-refractivity contribution in [2.24, 2.45) is 5.92 Å². The normalized spacial score (nSPS) is 16.1. The van der Waals surface area contributed by atoms with Gasteiger partial charge in [-0.3, -0.25) is 0 Å². The summed E-state index contributed by atoms with van der Waals surface area (Å²) in [6.07, 6.45) is 0. The number of hydrogen-bond donors (Lipinski definition) is 1. The largest absolute Gasteiger partial charge is 0.478 e. The summed E-state index contributed by atoms with van der Waals surface area (Å²) >= 11 is 12.1. The summed E-state index contributed by atoms with van der Waals surface area (Å²) in [6.45, 7) is 3.96. The fraction of sp³-hybridized carbons (Fsp3) is 0.364. The zero-order valence-corrected chi connectivity index (χ0v) is 10.2. The molecule has 1 heterocycles. The van der Waals surface area contributed by atoms with E-state index in [4.69, 9.17) is 28.3 Å². The molecule has 0 aromatic heterocycles. The molecule has 16 heavy (non-hydrogen) atoms. The van der Waals surface area contributed by atoms with Crippen LogP contribution in [0, 0.1) is 5.92 Å². The predicted molar refractivity (Wildman–Crippen MR) is 64.8 cm³/mol. The highest BCUT2D eigenvalue weighted by atomic mass is 35.5. The van der Waals surface area contributed by atoms with E-state index in [0.29, 0.717) is 16.0 Å². The van der Waals surface area contributed by atoms with E-state index in [9.17, 15) is 4.79 Å². The van der Waals surface area contributed by atoms with E-state index in [2.05, 4.69) is 11.8 Å². The maximum atomic E-state index is 10.8. The van der Waals surface area contributed by atoms with Crippen LogP contribution < -0.4 is 4.90 Å². The van der Waals surface area contributed by atoms with E-state index < -0.39 is 5.97 Å². The van der Waals surface area contributed by atoms with Crippen LogP contribution in [0.25, 0.3) is 0 Å². The third kappa shape index (κ3) is 1.97. The molecule has 1 aliphatic heterocycles. The van der Waals surface area contributed by atoms with Crippen molar-refractivity contribution in [3.05, 3.63) is 27.7 Å². The van der Waals surface area contributed by atoms with Gasteiger partial charge in [0.1, 0.15) is 0 Å². The Labute approximate surface area is 104 Å². The van der Waals surface area contributed by atoms with Gasteiger partial charge in [0.15, 0.2) is 0 Å². The lowest BCUT2D eigenvalue weighted by atomic mass is 10.0. The third-order valence-corrected chi connectivity index (χ3v) is 3.22. The van der Waals surface area contributed by atoms with Crippen molar-refractivity contribution in [3.63, 3.8) is 0 Å². The summed E-state index contributed by atoms with van der Waals surface area (Å²) < 4.78 is 0. The lowest BCUT2D eigenvalue weighted by Crippen LogP contribution is -2.45. The van der Waals surface area contributed by atoms with E-state index in [0.717, 1.165) is 18.8 Å². The number of hydrogen-bond acceptors (Lipinski definition) is 2. The molecule has 0 bridgehead atoms. The summed E-state index contributed by atoms with van der Waals surface area (Å²) in [4.78, 5) is 12.8. The Morgan fingerprint density at radius 1 is 1.38 bits per heavy atom. The minimum Gasteiger partial charge on any atom is -0.478 e. The molecule has 1 aromatic carbocycles. The molecule has 0 amide bonds. The van der Waals surface area contributed by atoms with Crippen molar-refractivity contribution in [2.75, 3.05) is 18.0 Å². The Bertz CT molecular complexity index is 419. The van der Waals surface area contributed by atoms with Crippen LogP contribution in [0.5, 0.6) is 0 Å². The number of carbonyl (C=O) groups is 1. The Balaban J connectivity index is 2.36. The predicted octanol–water partition coefficient (Wildman–Crippen LogP) is 3.15. The second-order valence-corrected chi connectivity index (χ2v) is 4.92. The van der Waals surface area contributed by atoms with Crippen LogP contribution in [-0.4, -0.2) is 24.2 Å². The minimum atomic E-state index is -1.02. The maximum absolute atomic E-state index is 10.8. The standard InChI is InChI=1S/C11H11Cl2NO2/c1-6-4-14(5-6)10-8(12)2-7(11(15)16)3-9(10)13/h2-3,6H,4-5H2,1H3,(H,15,16). The van der Waals surface area contributed by atoms with Crippen molar-refractivity contribution >= 4 is 34.9 Å². The highest BCUT2D eigenvalue weighted by molar-refractivity contribution is 6.39. The average Bonchev–Trinajstić information content (AvgIpc) is 2.13. The van der Waals surface area contributed by atoms with Crippen LogP contribution >= 0.6 is 23.2 Å². The van der Waals surface area contributed by atoms with Crippen LogP contribution in [0.3, 0.4) is 0 Å². The summed E-state index contributed by atoms with van der Waals surface area (Å²) in [5.41, 5.74) is 0.860. The molecule has 0 spiro atoms. The van der Waals surface area contributed by atoms with Crippen molar-refractivity contribution in [3.8, 4) is 0 Å².